The molecule has 3 fully saturated rings. The third kappa shape index (κ3) is 13.6. The van der Waals surface area contributed by atoms with Crippen molar-refractivity contribution in [2.45, 2.75) is 85.5 Å². The highest BCUT2D eigenvalue weighted by Crippen LogP contribution is 2.37. The summed E-state index contributed by atoms with van der Waals surface area (Å²) in [6.07, 6.45) is -2.91. The van der Waals surface area contributed by atoms with Crippen LogP contribution < -0.4 is 10.6 Å². The Bertz CT molecular complexity index is 2790. The number of anilines is 2. The van der Waals surface area contributed by atoms with E-state index in [1.807, 2.05) is 0 Å². The number of carbonyl (C=O) groups excluding carboxylic acids is 4. The van der Waals surface area contributed by atoms with Crippen molar-refractivity contribution >= 4 is 66.7 Å². The molecule has 0 spiro atoms. The fourth-order valence-electron chi connectivity index (χ4n) is 7.88. The lowest BCUT2D eigenvalue weighted by molar-refractivity contribution is -0.138. The van der Waals surface area contributed by atoms with Crippen molar-refractivity contribution in [3.05, 3.63) is 119 Å². The summed E-state index contributed by atoms with van der Waals surface area (Å²) in [7, 11) is -6.69. The Kier molecular flexibility index (Phi) is 16.8. The second-order valence-electron chi connectivity index (χ2n) is 16.5. The number of carbonyl (C=O) groups is 4. The van der Waals surface area contributed by atoms with Crippen molar-refractivity contribution < 1.29 is 66.7 Å². The third-order valence-electron chi connectivity index (χ3n) is 11.7. The molecule has 0 radical (unpaired) electrons. The van der Waals surface area contributed by atoms with Crippen LogP contribution >= 0.6 is 11.6 Å². The van der Waals surface area contributed by atoms with Crippen LogP contribution in [0.1, 0.15) is 56.9 Å². The quantitative estimate of drug-likeness (QED) is 0.103. The van der Waals surface area contributed by atoms with E-state index in [0.717, 1.165) is 59.6 Å². The van der Waals surface area contributed by atoms with Gasteiger partial charge in [0, 0.05) is 68.5 Å². The topological polar surface area (TPSA) is 174 Å². The largest absolute Gasteiger partial charge is 0.416 e. The highest BCUT2D eigenvalue weighted by atomic mass is 35.5. The maximum absolute atomic E-state index is 13.7. The summed E-state index contributed by atoms with van der Waals surface area (Å²) in [4.78, 5) is 51.8. The maximum Gasteiger partial charge on any atom is 0.416 e. The molecule has 372 valence electrons. The van der Waals surface area contributed by atoms with E-state index in [4.69, 9.17) is 11.6 Å². The molecule has 1 saturated carbocycles. The van der Waals surface area contributed by atoms with Gasteiger partial charge in [0.15, 0.2) is 0 Å². The SMILES string of the molecule is CN(C1CCN(C(=O)CC(=O)Nc2ccc(F)cc2F)CC1)S(=O)(=O)c1cccc(C(F)(F)F)c1.O=C(CC(=O)N1CCC(N(C2CC2)S(=O)(=O)c2cccc(Cl)c2)CC1)Nc1ccc(F)cc1F. The Hall–Kier alpha value is -5.62. The number of sulfonamides is 2. The number of nitrogens with one attached hydrogen (secondary N) is 2. The number of benzene rings is 4. The molecule has 3 aliphatic rings. The summed E-state index contributed by atoms with van der Waals surface area (Å²) in [5.41, 5.74) is -1.56. The normalized spacial score (nSPS) is 16.2. The summed E-state index contributed by atoms with van der Waals surface area (Å²) >= 11 is 6.00. The molecular formula is C45H46ClF7N6O8S2. The number of halogens is 8. The van der Waals surface area contributed by atoms with Crippen LogP contribution in [-0.4, -0.2) is 110 Å². The summed E-state index contributed by atoms with van der Waals surface area (Å²) in [5, 5.41) is 4.81. The molecule has 2 saturated heterocycles. The molecule has 2 aliphatic heterocycles. The lowest BCUT2D eigenvalue weighted by Crippen LogP contribution is -2.49. The van der Waals surface area contributed by atoms with E-state index in [1.165, 1.54) is 29.0 Å². The maximum atomic E-state index is 13.7. The highest BCUT2D eigenvalue weighted by Gasteiger charge is 2.44. The molecular weight excluding hydrogens is 985 g/mol. The van der Waals surface area contributed by atoms with Crippen molar-refractivity contribution in [1.29, 1.82) is 0 Å². The van der Waals surface area contributed by atoms with Crippen LogP contribution in [0.2, 0.25) is 5.02 Å². The van der Waals surface area contributed by atoms with Gasteiger partial charge in [-0.25, -0.2) is 34.4 Å². The van der Waals surface area contributed by atoms with Crippen LogP contribution in [-0.2, 0) is 45.4 Å². The predicted molar refractivity (Wildman–Crippen MR) is 238 cm³/mol. The Morgan fingerprint density at radius 2 is 1.04 bits per heavy atom. The molecule has 24 heteroatoms. The molecule has 7 rings (SSSR count). The minimum Gasteiger partial charge on any atom is -0.342 e. The zero-order chi connectivity index (χ0) is 50.4. The fraction of sp³-hybridized carbons (Fsp3) is 0.378. The molecule has 0 aromatic heterocycles. The van der Waals surface area contributed by atoms with Crippen LogP contribution in [0.5, 0.6) is 0 Å². The van der Waals surface area contributed by atoms with Crippen LogP contribution in [0.3, 0.4) is 0 Å². The van der Waals surface area contributed by atoms with Gasteiger partial charge in [0.2, 0.25) is 43.7 Å². The second kappa shape index (κ2) is 22.0. The molecule has 0 atom stereocenters. The molecule has 4 aromatic rings. The molecule has 14 nitrogen and oxygen atoms in total. The van der Waals surface area contributed by atoms with Gasteiger partial charge in [-0.2, -0.15) is 21.8 Å². The van der Waals surface area contributed by atoms with Crippen molar-refractivity contribution in [3.8, 4) is 0 Å². The van der Waals surface area contributed by atoms with E-state index < -0.39 is 102 Å². The summed E-state index contributed by atoms with van der Waals surface area (Å²) in [6, 6.07) is 14.1. The zero-order valence-corrected chi connectivity index (χ0v) is 39.1. The molecule has 0 bridgehead atoms. The van der Waals surface area contributed by atoms with Gasteiger partial charge in [-0.15, -0.1) is 0 Å². The van der Waals surface area contributed by atoms with Crippen LogP contribution in [0, 0.1) is 23.3 Å². The van der Waals surface area contributed by atoms with Gasteiger partial charge < -0.3 is 20.4 Å². The van der Waals surface area contributed by atoms with Gasteiger partial charge in [-0.3, -0.25) is 19.2 Å². The van der Waals surface area contributed by atoms with Crippen molar-refractivity contribution in [1.82, 2.24) is 18.4 Å². The lowest BCUT2D eigenvalue weighted by Gasteiger charge is -2.38. The molecule has 2 N–H and O–H groups in total. The predicted octanol–water partition coefficient (Wildman–Crippen LogP) is 7.42. The first-order valence-electron chi connectivity index (χ1n) is 21.4. The highest BCUT2D eigenvalue weighted by molar-refractivity contribution is 7.89. The fourth-order valence-corrected chi connectivity index (χ4v) is 11.6. The molecule has 1 aliphatic carbocycles. The monoisotopic (exact) mass is 1030 g/mol. The van der Waals surface area contributed by atoms with Gasteiger partial charge >= 0.3 is 6.18 Å². The first-order chi connectivity index (χ1) is 32.4. The Morgan fingerprint density at radius 3 is 1.48 bits per heavy atom. The van der Waals surface area contributed by atoms with Crippen LogP contribution in [0.25, 0.3) is 0 Å². The van der Waals surface area contributed by atoms with E-state index in [2.05, 4.69) is 10.6 Å². The standard InChI is InChI=1S/C23H24ClF2N3O4S.C22H22F5N3O4S/c24-15-2-1-3-19(12-15)34(32,33)29(17-5-6-17)18-8-10-28(11-9-18)23(31)14-22(30)27-21-7-4-16(25)13-20(21)26;1-29(35(33,34)17-4-2-3-14(11-17)22(25,26)27)16-7-9-30(10-8-16)21(32)13-20(31)28-19-6-5-15(23)12-18(19)24/h1-4,7,12-13,17-18H,5-6,8-11,14H2,(H,27,30);2-6,11-12,16H,7-10,13H2,1H3,(H,28,31). The van der Waals surface area contributed by atoms with Crippen LogP contribution in [0.15, 0.2) is 94.7 Å². The van der Waals surface area contributed by atoms with E-state index in [-0.39, 0.29) is 54.3 Å². The van der Waals surface area contributed by atoms with E-state index in [1.54, 1.807) is 16.4 Å². The number of amides is 4. The van der Waals surface area contributed by atoms with Gasteiger partial charge in [0.25, 0.3) is 0 Å². The summed E-state index contributed by atoms with van der Waals surface area (Å²) in [5.74, 6) is -6.01. The minimum atomic E-state index is -4.69. The first-order valence-corrected chi connectivity index (χ1v) is 24.7. The number of hydrogen-bond donors (Lipinski definition) is 2. The Labute approximate surface area is 398 Å². The lowest BCUT2D eigenvalue weighted by atomic mass is 10.0. The van der Waals surface area contributed by atoms with Gasteiger partial charge in [0.1, 0.15) is 36.1 Å². The van der Waals surface area contributed by atoms with E-state index in [9.17, 15) is 66.7 Å². The zero-order valence-electron chi connectivity index (χ0n) is 36.7. The first kappa shape index (κ1) is 52.7. The van der Waals surface area contributed by atoms with Gasteiger partial charge in [0.05, 0.1) is 26.7 Å². The Morgan fingerprint density at radius 1 is 0.609 bits per heavy atom. The number of likely N-dealkylation sites (tertiary alicyclic amines) is 2. The van der Waals surface area contributed by atoms with Gasteiger partial charge in [-0.05, 0) is 99.2 Å². The second-order valence-corrected chi connectivity index (χ2v) is 20.8. The molecule has 0 unspecified atom stereocenters. The number of alkyl halides is 3. The molecule has 69 heavy (non-hydrogen) atoms. The summed E-state index contributed by atoms with van der Waals surface area (Å²) in [6.45, 7) is 0.834. The Balaban J connectivity index is 0.000000227. The average Bonchev–Trinajstić information content (AvgIpc) is 4.13. The number of nitrogens with zero attached hydrogens (tertiary/aromatic N) is 4. The van der Waals surface area contributed by atoms with Crippen LogP contribution in [0.4, 0.5) is 42.1 Å². The van der Waals surface area contributed by atoms with E-state index >= 15 is 0 Å². The molecule has 4 aromatic carbocycles. The number of hydrogen-bond acceptors (Lipinski definition) is 8. The van der Waals surface area contributed by atoms with Crippen molar-refractivity contribution in [2.24, 2.45) is 0 Å². The third-order valence-corrected chi connectivity index (χ3v) is 15.8. The molecule has 2 heterocycles. The van der Waals surface area contributed by atoms with Crippen molar-refractivity contribution in [2.75, 3.05) is 43.9 Å². The minimum absolute atomic E-state index is 0.0624. The number of rotatable bonds is 13. The van der Waals surface area contributed by atoms with Crippen molar-refractivity contribution in [3.63, 3.8) is 0 Å². The smallest absolute Gasteiger partial charge is 0.342 e. The summed E-state index contributed by atoms with van der Waals surface area (Å²) < 4.78 is 147. The average molecular weight is 1030 g/mol. The number of piperidine rings is 2. The van der Waals surface area contributed by atoms with E-state index in [0.29, 0.717) is 49.2 Å². The van der Waals surface area contributed by atoms with Gasteiger partial charge in [-0.1, -0.05) is 23.7 Å². The molecule has 4 amide bonds.